The molecule has 0 unspecified atom stereocenters. The van der Waals surface area contributed by atoms with E-state index < -0.39 is 11.8 Å². The van der Waals surface area contributed by atoms with Crippen molar-refractivity contribution in [3.8, 4) is 5.75 Å². The van der Waals surface area contributed by atoms with Crippen molar-refractivity contribution in [2.45, 2.75) is 32.8 Å². The predicted molar refractivity (Wildman–Crippen MR) is 102 cm³/mol. The van der Waals surface area contributed by atoms with Crippen LogP contribution in [0.15, 0.2) is 54.6 Å². The van der Waals surface area contributed by atoms with Crippen molar-refractivity contribution in [3.63, 3.8) is 0 Å². The summed E-state index contributed by atoms with van der Waals surface area (Å²) < 4.78 is 5.50. The smallest absolute Gasteiger partial charge is 0.269 e. The van der Waals surface area contributed by atoms with Gasteiger partial charge in [-0.3, -0.25) is 25.2 Å². The van der Waals surface area contributed by atoms with Crippen LogP contribution in [-0.4, -0.2) is 23.8 Å². The van der Waals surface area contributed by atoms with Crippen LogP contribution < -0.4 is 20.9 Å². The average molecular weight is 369 g/mol. The first-order valence-electron chi connectivity index (χ1n) is 8.65. The molecule has 2 aromatic carbocycles. The van der Waals surface area contributed by atoms with E-state index in [1.807, 2.05) is 19.9 Å². The van der Waals surface area contributed by atoms with E-state index in [1.54, 1.807) is 48.5 Å². The number of hydrogen-bond donors (Lipinski definition) is 3. The van der Waals surface area contributed by atoms with Crippen molar-refractivity contribution in [1.82, 2.24) is 10.9 Å². The SMILES string of the molecule is CC(C)Oc1ccc(C(=O)NNC(=O)CCC(=O)Nc2ccccc2)cc1. The summed E-state index contributed by atoms with van der Waals surface area (Å²) in [6.07, 6.45) is 0.0147. The van der Waals surface area contributed by atoms with Gasteiger partial charge in [-0.1, -0.05) is 18.2 Å². The minimum atomic E-state index is -0.452. The van der Waals surface area contributed by atoms with Crippen molar-refractivity contribution in [2.75, 3.05) is 5.32 Å². The van der Waals surface area contributed by atoms with Crippen LogP contribution in [0.4, 0.5) is 5.69 Å². The molecule has 0 aliphatic heterocycles. The number of hydrazine groups is 1. The van der Waals surface area contributed by atoms with E-state index in [0.717, 1.165) is 0 Å². The van der Waals surface area contributed by atoms with Crippen LogP contribution in [0.2, 0.25) is 0 Å². The molecule has 142 valence electrons. The van der Waals surface area contributed by atoms with Gasteiger partial charge in [0.2, 0.25) is 11.8 Å². The van der Waals surface area contributed by atoms with E-state index in [4.69, 9.17) is 4.74 Å². The number of nitrogens with one attached hydrogen (secondary N) is 3. The molecule has 27 heavy (non-hydrogen) atoms. The molecule has 3 amide bonds. The molecular formula is C20H23N3O4. The van der Waals surface area contributed by atoms with Crippen LogP contribution in [-0.2, 0) is 9.59 Å². The number of rotatable bonds is 7. The van der Waals surface area contributed by atoms with Crippen LogP contribution in [0.3, 0.4) is 0 Å². The van der Waals surface area contributed by atoms with Crippen LogP contribution in [0.5, 0.6) is 5.75 Å². The highest BCUT2D eigenvalue weighted by atomic mass is 16.5. The Morgan fingerprint density at radius 1 is 0.852 bits per heavy atom. The standard InChI is InChI=1S/C20H23N3O4/c1-14(2)27-17-10-8-15(9-11-17)20(26)23-22-19(25)13-12-18(24)21-16-6-4-3-5-7-16/h3-11,14H,12-13H2,1-2H3,(H,21,24)(H,22,25)(H,23,26). The molecule has 3 N–H and O–H groups in total. The maximum absolute atomic E-state index is 12.0. The second-order valence-electron chi connectivity index (χ2n) is 6.11. The van der Waals surface area contributed by atoms with Gasteiger partial charge in [0, 0.05) is 24.1 Å². The second kappa shape index (κ2) is 9.96. The molecule has 0 heterocycles. The zero-order valence-electron chi connectivity index (χ0n) is 15.3. The highest BCUT2D eigenvalue weighted by Gasteiger charge is 2.10. The molecule has 0 fully saturated rings. The van der Waals surface area contributed by atoms with Gasteiger partial charge in [0.25, 0.3) is 5.91 Å². The third-order valence-electron chi connectivity index (χ3n) is 3.44. The Kier molecular flexibility index (Phi) is 7.37. The van der Waals surface area contributed by atoms with Gasteiger partial charge in [0.05, 0.1) is 6.10 Å². The maximum Gasteiger partial charge on any atom is 0.269 e. The lowest BCUT2D eigenvalue weighted by Crippen LogP contribution is -2.41. The summed E-state index contributed by atoms with van der Waals surface area (Å²) in [6.45, 7) is 3.83. The number of carbonyl (C=O) groups is 3. The Morgan fingerprint density at radius 3 is 2.11 bits per heavy atom. The van der Waals surface area contributed by atoms with E-state index in [2.05, 4.69) is 16.2 Å². The lowest BCUT2D eigenvalue weighted by molar-refractivity contribution is -0.124. The molecule has 7 nitrogen and oxygen atoms in total. The molecule has 2 aromatic rings. The Bertz CT molecular complexity index is 774. The Balaban J connectivity index is 1.71. The van der Waals surface area contributed by atoms with Crippen molar-refractivity contribution in [1.29, 1.82) is 0 Å². The van der Waals surface area contributed by atoms with E-state index in [-0.39, 0.29) is 24.9 Å². The summed E-state index contributed by atoms with van der Waals surface area (Å²) in [5.41, 5.74) is 5.67. The first kappa shape index (κ1) is 20.0. The molecule has 0 aromatic heterocycles. The van der Waals surface area contributed by atoms with Gasteiger partial charge in [-0.2, -0.15) is 0 Å². The summed E-state index contributed by atoms with van der Waals surface area (Å²) in [5, 5.41) is 2.69. The van der Waals surface area contributed by atoms with Crippen LogP contribution >= 0.6 is 0 Å². The topological polar surface area (TPSA) is 96.5 Å². The number of hydrogen-bond acceptors (Lipinski definition) is 4. The highest BCUT2D eigenvalue weighted by Crippen LogP contribution is 2.13. The fourth-order valence-electron chi connectivity index (χ4n) is 2.19. The Labute approximate surface area is 158 Å². The summed E-state index contributed by atoms with van der Waals surface area (Å²) in [4.78, 5) is 35.6. The zero-order valence-corrected chi connectivity index (χ0v) is 15.3. The number of para-hydroxylation sites is 1. The number of ether oxygens (including phenoxy) is 1. The zero-order chi connectivity index (χ0) is 19.6. The van der Waals surface area contributed by atoms with Gasteiger partial charge in [-0.05, 0) is 50.2 Å². The van der Waals surface area contributed by atoms with E-state index >= 15 is 0 Å². The van der Waals surface area contributed by atoms with E-state index in [1.165, 1.54) is 0 Å². The highest BCUT2D eigenvalue weighted by molar-refractivity contribution is 5.96. The number of benzene rings is 2. The number of amides is 3. The predicted octanol–water partition coefficient (Wildman–Crippen LogP) is 2.65. The molecular weight excluding hydrogens is 346 g/mol. The first-order valence-corrected chi connectivity index (χ1v) is 8.65. The van der Waals surface area contributed by atoms with Gasteiger partial charge in [-0.25, -0.2) is 0 Å². The lowest BCUT2D eigenvalue weighted by Gasteiger charge is -2.10. The van der Waals surface area contributed by atoms with Crippen molar-refractivity contribution < 1.29 is 19.1 Å². The van der Waals surface area contributed by atoms with Crippen LogP contribution in [0.25, 0.3) is 0 Å². The monoisotopic (exact) mass is 369 g/mol. The Hall–Kier alpha value is -3.35. The maximum atomic E-state index is 12.0. The van der Waals surface area contributed by atoms with Gasteiger partial charge >= 0.3 is 0 Å². The fraction of sp³-hybridized carbons (Fsp3) is 0.250. The molecule has 2 rings (SSSR count). The number of carbonyl (C=O) groups excluding carboxylic acids is 3. The molecule has 0 radical (unpaired) electrons. The van der Waals surface area contributed by atoms with Crippen LogP contribution in [0.1, 0.15) is 37.0 Å². The largest absolute Gasteiger partial charge is 0.491 e. The van der Waals surface area contributed by atoms with Gasteiger partial charge in [-0.15, -0.1) is 0 Å². The molecule has 0 saturated heterocycles. The summed E-state index contributed by atoms with van der Waals surface area (Å²) in [7, 11) is 0. The molecule has 0 atom stereocenters. The quantitative estimate of drug-likeness (QED) is 0.654. The summed E-state index contributed by atoms with van der Waals surface area (Å²) >= 11 is 0. The number of anilines is 1. The van der Waals surface area contributed by atoms with E-state index in [0.29, 0.717) is 17.0 Å². The van der Waals surface area contributed by atoms with Gasteiger partial charge < -0.3 is 10.1 Å². The van der Waals surface area contributed by atoms with Crippen molar-refractivity contribution >= 4 is 23.4 Å². The summed E-state index contributed by atoms with van der Waals surface area (Å²) in [6, 6.07) is 15.6. The summed E-state index contributed by atoms with van der Waals surface area (Å²) in [5.74, 6) is -0.516. The van der Waals surface area contributed by atoms with Gasteiger partial charge in [0.1, 0.15) is 5.75 Å². The minimum Gasteiger partial charge on any atom is -0.491 e. The molecule has 0 spiro atoms. The Morgan fingerprint density at radius 2 is 1.48 bits per heavy atom. The molecule has 0 saturated carbocycles. The normalized spacial score (nSPS) is 10.2. The molecule has 0 aliphatic rings. The van der Waals surface area contributed by atoms with Gasteiger partial charge in [0.15, 0.2) is 0 Å². The molecule has 0 bridgehead atoms. The molecule has 0 aliphatic carbocycles. The lowest BCUT2D eigenvalue weighted by atomic mass is 10.2. The van der Waals surface area contributed by atoms with E-state index in [9.17, 15) is 14.4 Å². The molecule has 7 heteroatoms. The second-order valence-corrected chi connectivity index (χ2v) is 6.11. The minimum absolute atomic E-state index is 0.0117. The fourth-order valence-corrected chi connectivity index (χ4v) is 2.19. The third-order valence-corrected chi connectivity index (χ3v) is 3.44. The van der Waals surface area contributed by atoms with Crippen molar-refractivity contribution in [2.24, 2.45) is 0 Å². The first-order chi connectivity index (χ1) is 12.9. The van der Waals surface area contributed by atoms with Crippen LogP contribution in [0, 0.1) is 0 Å². The van der Waals surface area contributed by atoms with Crippen molar-refractivity contribution in [3.05, 3.63) is 60.2 Å². The third kappa shape index (κ3) is 7.19. The average Bonchev–Trinajstić information content (AvgIpc) is 2.65.